The van der Waals surface area contributed by atoms with E-state index < -0.39 is 11.9 Å². The molecule has 0 fully saturated rings. The molecule has 0 aromatic rings. The molecule has 0 aliphatic heterocycles. The third-order valence-electron chi connectivity index (χ3n) is 2.85. The van der Waals surface area contributed by atoms with Gasteiger partial charge in [0.2, 0.25) is 0 Å². The minimum absolute atomic E-state index is 0.146. The molecule has 3 heteroatoms. The van der Waals surface area contributed by atoms with Crippen LogP contribution >= 0.6 is 0 Å². The maximum Gasteiger partial charge on any atom is 0.316 e. The van der Waals surface area contributed by atoms with Crippen molar-refractivity contribution in [1.82, 2.24) is 0 Å². The summed E-state index contributed by atoms with van der Waals surface area (Å²) in [5, 5.41) is 0. The van der Waals surface area contributed by atoms with Gasteiger partial charge in [-0.15, -0.1) is 6.58 Å². The maximum atomic E-state index is 11.4. The van der Waals surface area contributed by atoms with E-state index in [0.29, 0.717) is 6.42 Å². The van der Waals surface area contributed by atoms with E-state index in [1.807, 2.05) is 19.9 Å². The molecule has 0 aliphatic carbocycles. The molecular formula is C15H24O3. The molecule has 0 rings (SSSR count). The molecule has 1 unspecified atom stereocenters. The Bertz CT molecular complexity index is 340. The molecule has 0 bridgehead atoms. The number of ether oxygens (including phenoxy) is 1. The van der Waals surface area contributed by atoms with Gasteiger partial charge in [0.05, 0.1) is 7.11 Å². The van der Waals surface area contributed by atoms with Gasteiger partial charge in [0.1, 0.15) is 11.7 Å². The fraction of sp³-hybridized carbons (Fsp3) is 0.600. The lowest BCUT2D eigenvalue weighted by Crippen LogP contribution is -2.22. The van der Waals surface area contributed by atoms with Crippen molar-refractivity contribution in [2.75, 3.05) is 7.11 Å². The molecule has 0 amide bonds. The highest BCUT2D eigenvalue weighted by molar-refractivity contribution is 5.97. The first kappa shape index (κ1) is 16.6. The molecule has 0 radical (unpaired) electrons. The lowest BCUT2D eigenvalue weighted by atomic mass is 9.98. The minimum Gasteiger partial charge on any atom is -0.468 e. The van der Waals surface area contributed by atoms with Crippen LogP contribution in [-0.2, 0) is 14.3 Å². The van der Waals surface area contributed by atoms with E-state index in [0.717, 1.165) is 19.3 Å². The number of rotatable bonds is 8. The van der Waals surface area contributed by atoms with Gasteiger partial charge in [-0.05, 0) is 46.5 Å². The number of allylic oxidation sites excluding steroid dienone is 3. The monoisotopic (exact) mass is 252 g/mol. The molecule has 102 valence electrons. The van der Waals surface area contributed by atoms with Crippen LogP contribution in [0.4, 0.5) is 0 Å². The van der Waals surface area contributed by atoms with Gasteiger partial charge in [0.15, 0.2) is 0 Å². The zero-order valence-corrected chi connectivity index (χ0v) is 11.9. The summed E-state index contributed by atoms with van der Waals surface area (Å²) in [6, 6.07) is 0. The molecule has 0 spiro atoms. The lowest BCUT2D eigenvalue weighted by Gasteiger charge is -2.09. The van der Waals surface area contributed by atoms with Crippen LogP contribution in [0.15, 0.2) is 23.8 Å². The highest BCUT2D eigenvalue weighted by Gasteiger charge is 2.22. The van der Waals surface area contributed by atoms with Gasteiger partial charge in [0, 0.05) is 0 Å². The Morgan fingerprint density at radius 2 is 1.83 bits per heavy atom. The number of Topliss-reactive ketones (excluding diaryl/α,β-unsaturated/α-hetero) is 1. The topological polar surface area (TPSA) is 43.4 Å². The first-order chi connectivity index (χ1) is 8.38. The van der Waals surface area contributed by atoms with E-state index in [1.165, 1.54) is 25.2 Å². The Kier molecular flexibility index (Phi) is 8.01. The summed E-state index contributed by atoms with van der Waals surface area (Å²) in [7, 11) is 1.31. The van der Waals surface area contributed by atoms with Crippen molar-refractivity contribution in [1.29, 1.82) is 0 Å². The fourth-order valence-electron chi connectivity index (χ4n) is 1.66. The first-order valence-electron chi connectivity index (χ1n) is 6.26. The standard InChI is InChI=1S/C15H24O3/c1-11(2)7-6-8-12(3)9-10-14(13(4)16)15(17)18-5/h9,14H,1,6-8,10H2,2-5H3. The van der Waals surface area contributed by atoms with Crippen molar-refractivity contribution in [3.05, 3.63) is 23.8 Å². The third kappa shape index (κ3) is 7.05. The number of esters is 1. The molecule has 0 aromatic heterocycles. The van der Waals surface area contributed by atoms with Crippen LogP contribution in [0, 0.1) is 5.92 Å². The Balaban J connectivity index is 4.27. The Hall–Kier alpha value is -1.38. The normalized spacial score (nSPS) is 13.0. The zero-order valence-electron chi connectivity index (χ0n) is 11.9. The highest BCUT2D eigenvalue weighted by atomic mass is 16.5. The van der Waals surface area contributed by atoms with Gasteiger partial charge in [-0.25, -0.2) is 0 Å². The highest BCUT2D eigenvalue weighted by Crippen LogP contribution is 2.14. The fourth-order valence-corrected chi connectivity index (χ4v) is 1.66. The average molecular weight is 252 g/mol. The number of carbonyl (C=O) groups excluding carboxylic acids is 2. The van der Waals surface area contributed by atoms with Gasteiger partial charge in [-0.1, -0.05) is 17.2 Å². The van der Waals surface area contributed by atoms with Crippen LogP contribution in [0.5, 0.6) is 0 Å². The molecule has 3 nitrogen and oxygen atoms in total. The van der Waals surface area contributed by atoms with Crippen molar-refractivity contribution in [3.8, 4) is 0 Å². The molecule has 0 N–H and O–H groups in total. The van der Waals surface area contributed by atoms with Crippen LogP contribution in [0.2, 0.25) is 0 Å². The van der Waals surface area contributed by atoms with Gasteiger partial charge in [-0.2, -0.15) is 0 Å². The van der Waals surface area contributed by atoms with Crippen LogP contribution < -0.4 is 0 Å². The molecule has 1 atom stereocenters. The second-order valence-corrected chi connectivity index (χ2v) is 4.78. The van der Waals surface area contributed by atoms with Crippen LogP contribution in [0.3, 0.4) is 0 Å². The Labute approximate surface area is 110 Å². The smallest absolute Gasteiger partial charge is 0.316 e. The molecule has 0 saturated carbocycles. The number of hydrogen-bond donors (Lipinski definition) is 0. The quantitative estimate of drug-likeness (QED) is 0.377. The summed E-state index contributed by atoms with van der Waals surface area (Å²) in [6.45, 7) is 9.32. The van der Waals surface area contributed by atoms with E-state index in [-0.39, 0.29) is 5.78 Å². The molecule has 18 heavy (non-hydrogen) atoms. The van der Waals surface area contributed by atoms with Crippen LogP contribution in [0.25, 0.3) is 0 Å². The molecule has 0 aliphatic rings. The van der Waals surface area contributed by atoms with Crippen molar-refractivity contribution < 1.29 is 14.3 Å². The zero-order chi connectivity index (χ0) is 14.1. The number of hydrogen-bond acceptors (Lipinski definition) is 3. The van der Waals surface area contributed by atoms with Crippen LogP contribution in [-0.4, -0.2) is 18.9 Å². The van der Waals surface area contributed by atoms with E-state index in [2.05, 4.69) is 11.3 Å². The predicted molar refractivity (Wildman–Crippen MR) is 73.2 cm³/mol. The number of carbonyl (C=O) groups is 2. The molecule has 0 saturated heterocycles. The van der Waals surface area contributed by atoms with Gasteiger partial charge in [0.25, 0.3) is 0 Å². The Morgan fingerprint density at radius 1 is 1.22 bits per heavy atom. The van der Waals surface area contributed by atoms with Gasteiger partial charge >= 0.3 is 5.97 Å². The van der Waals surface area contributed by atoms with E-state index in [9.17, 15) is 9.59 Å². The third-order valence-corrected chi connectivity index (χ3v) is 2.85. The predicted octanol–water partition coefficient (Wildman–Crippen LogP) is 3.45. The summed E-state index contributed by atoms with van der Waals surface area (Å²) in [6.07, 6.45) is 5.43. The second kappa shape index (κ2) is 8.67. The van der Waals surface area contributed by atoms with E-state index >= 15 is 0 Å². The Morgan fingerprint density at radius 3 is 2.28 bits per heavy atom. The summed E-state index contributed by atoms with van der Waals surface area (Å²) in [5.74, 6) is -1.26. The van der Waals surface area contributed by atoms with Gasteiger partial charge in [-0.3, -0.25) is 9.59 Å². The lowest BCUT2D eigenvalue weighted by molar-refractivity contribution is -0.148. The number of methoxy groups -OCH3 is 1. The van der Waals surface area contributed by atoms with E-state index in [4.69, 9.17) is 0 Å². The van der Waals surface area contributed by atoms with E-state index in [1.54, 1.807) is 0 Å². The van der Waals surface area contributed by atoms with Gasteiger partial charge < -0.3 is 4.74 Å². The first-order valence-corrected chi connectivity index (χ1v) is 6.26. The van der Waals surface area contributed by atoms with Crippen molar-refractivity contribution >= 4 is 11.8 Å². The summed E-state index contributed by atoms with van der Waals surface area (Å²) in [5.41, 5.74) is 2.38. The van der Waals surface area contributed by atoms with Crippen molar-refractivity contribution in [2.24, 2.45) is 5.92 Å². The molecular weight excluding hydrogens is 228 g/mol. The average Bonchev–Trinajstić information content (AvgIpc) is 2.27. The van der Waals surface area contributed by atoms with Crippen molar-refractivity contribution in [3.63, 3.8) is 0 Å². The summed E-state index contributed by atoms with van der Waals surface area (Å²) < 4.78 is 4.62. The van der Waals surface area contributed by atoms with Crippen LogP contribution in [0.1, 0.15) is 46.5 Å². The maximum absolute atomic E-state index is 11.4. The molecule has 0 aromatic carbocycles. The minimum atomic E-state index is -0.661. The second-order valence-electron chi connectivity index (χ2n) is 4.78. The largest absolute Gasteiger partial charge is 0.468 e. The molecule has 0 heterocycles. The van der Waals surface area contributed by atoms with Crippen molar-refractivity contribution in [2.45, 2.75) is 46.5 Å². The summed E-state index contributed by atoms with van der Waals surface area (Å²) in [4.78, 5) is 22.7. The number of ketones is 1. The summed E-state index contributed by atoms with van der Waals surface area (Å²) >= 11 is 0. The SMILES string of the molecule is C=C(C)CCCC(C)=CCC(C(C)=O)C(=O)OC.